The van der Waals surface area contributed by atoms with Gasteiger partial charge in [-0.3, -0.25) is 9.59 Å². The van der Waals surface area contributed by atoms with Crippen molar-refractivity contribution in [2.45, 2.75) is 11.3 Å². The fourth-order valence-corrected chi connectivity index (χ4v) is 6.20. The van der Waals surface area contributed by atoms with E-state index < -0.39 is 17.3 Å². The quantitative estimate of drug-likeness (QED) is 0.420. The number of hydrogen-bond donors (Lipinski definition) is 0. The van der Waals surface area contributed by atoms with Crippen LogP contribution in [0.15, 0.2) is 66.7 Å². The Bertz CT molecular complexity index is 1270. The third-order valence-electron chi connectivity index (χ3n) is 7.03. The zero-order valence-corrected chi connectivity index (χ0v) is 17.6. The van der Waals surface area contributed by atoms with E-state index in [1.54, 1.807) is 12.1 Å². The van der Waals surface area contributed by atoms with Crippen LogP contribution in [0.5, 0.6) is 0 Å². The Morgan fingerprint density at radius 1 is 0.806 bits per heavy atom. The SMILES string of the molecule is O=CC12c3ccccc3C(c3ccccc31)[C@H]1C(=O)N(c3ccc(Cl)c(Cl)c3)C(=O)[C@H]12. The van der Waals surface area contributed by atoms with Crippen LogP contribution < -0.4 is 4.90 Å². The Kier molecular flexibility index (Phi) is 3.81. The highest BCUT2D eigenvalue weighted by molar-refractivity contribution is 6.42. The van der Waals surface area contributed by atoms with E-state index in [1.165, 1.54) is 11.0 Å². The zero-order chi connectivity index (χ0) is 21.5. The van der Waals surface area contributed by atoms with Crippen LogP contribution >= 0.6 is 23.2 Å². The van der Waals surface area contributed by atoms with Gasteiger partial charge in [0.15, 0.2) is 0 Å². The monoisotopic (exact) mass is 447 g/mol. The minimum Gasteiger partial charge on any atom is -0.302 e. The molecule has 2 atom stereocenters. The summed E-state index contributed by atoms with van der Waals surface area (Å²) in [6, 6.07) is 20.0. The topological polar surface area (TPSA) is 54.5 Å². The van der Waals surface area contributed by atoms with Gasteiger partial charge in [-0.15, -0.1) is 0 Å². The summed E-state index contributed by atoms with van der Waals surface area (Å²) >= 11 is 12.2. The van der Waals surface area contributed by atoms with Crippen LogP contribution in [0.1, 0.15) is 28.2 Å². The van der Waals surface area contributed by atoms with E-state index in [0.29, 0.717) is 10.7 Å². The molecule has 3 aromatic rings. The third kappa shape index (κ3) is 2.14. The number of halogens is 2. The summed E-state index contributed by atoms with van der Waals surface area (Å²) in [5.74, 6) is -2.44. The Morgan fingerprint density at radius 3 is 2.00 bits per heavy atom. The predicted octanol–water partition coefficient (Wildman–Crippen LogP) is 4.74. The number of rotatable bonds is 2. The second kappa shape index (κ2) is 6.28. The number of carbonyl (C=O) groups excluding carboxylic acids is 3. The molecule has 0 unspecified atom stereocenters. The number of anilines is 1. The molecule has 6 heteroatoms. The van der Waals surface area contributed by atoms with E-state index in [0.717, 1.165) is 28.5 Å². The smallest absolute Gasteiger partial charge is 0.239 e. The molecule has 1 saturated heterocycles. The van der Waals surface area contributed by atoms with Gasteiger partial charge in [-0.1, -0.05) is 71.7 Å². The molecule has 7 rings (SSSR count). The molecule has 0 spiro atoms. The lowest BCUT2D eigenvalue weighted by Gasteiger charge is -2.51. The van der Waals surface area contributed by atoms with Gasteiger partial charge in [-0.25, -0.2) is 4.90 Å². The number of aldehydes is 1. The lowest BCUT2D eigenvalue weighted by atomic mass is 9.48. The molecule has 1 heterocycles. The molecule has 0 saturated carbocycles. The van der Waals surface area contributed by atoms with Crippen LogP contribution in [0.4, 0.5) is 5.69 Å². The summed E-state index contributed by atoms with van der Waals surface area (Å²) in [7, 11) is 0. The standard InChI is InChI=1S/C25H15Cl2NO3/c26-18-10-9-13(11-19(18)27)28-23(30)21-20-14-5-1-3-7-16(14)25(12-29,22(21)24(28)31)17-8-4-2-6-15(17)20/h1-12,20-22H/t20?,21-,22+,25?/m1/s1. The Hall–Kier alpha value is -2.95. The van der Waals surface area contributed by atoms with Crippen LogP contribution in [0, 0.1) is 11.8 Å². The van der Waals surface area contributed by atoms with Gasteiger partial charge in [-0.05, 0) is 40.5 Å². The Balaban J connectivity index is 1.63. The number of nitrogens with zero attached hydrogens (tertiary/aromatic N) is 1. The number of carbonyl (C=O) groups is 3. The summed E-state index contributed by atoms with van der Waals surface area (Å²) in [4.78, 5) is 41.6. The molecule has 3 aliphatic carbocycles. The van der Waals surface area contributed by atoms with Crippen molar-refractivity contribution >= 4 is 47.0 Å². The van der Waals surface area contributed by atoms with Crippen molar-refractivity contribution in [3.05, 3.63) is 99.0 Å². The van der Waals surface area contributed by atoms with Crippen LogP contribution in [0.25, 0.3) is 0 Å². The first-order valence-corrected chi connectivity index (χ1v) is 10.7. The molecule has 3 aromatic carbocycles. The van der Waals surface area contributed by atoms with Crippen LogP contribution in [0.3, 0.4) is 0 Å². The van der Waals surface area contributed by atoms with Gasteiger partial charge < -0.3 is 4.79 Å². The highest BCUT2D eigenvalue weighted by atomic mass is 35.5. The van der Waals surface area contributed by atoms with Crippen LogP contribution in [0.2, 0.25) is 10.0 Å². The number of hydrogen-bond acceptors (Lipinski definition) is 3. The molecular formula is C25H15Cl2NO3. The van der Waals surface area contributed by atoms with Crippen molar-refractivity contribution in [3.8, 4) is 0 Å². The molecule has 0 aromatic heterocycles. The number of benzene rings is 3. The Labute approximate surface area is 188 Å². The fourth-order valence-electron chi connectivity index (χ4n) is 5.91. The molecule has 31 heavy (non-hydrogen) atoms. The van der Waals surface area contributed by atoms with Gasteiger partial charge in [0, 0.05) is 5.92 Å². The van der Waals surface area contributed by atoms with E-state index in [-0.39, 0.29) is 22.8 Å². The maximum absolute atomic E-state index is 13.8. The first-order valence-electron chi connectivity index (χ1n) is 9.98. The Morgan fingerprint density at radius 2 is 1.42 bits per heavy atom. The minimum atomic E-state index is -1.20. The molecule has 1 fully saturated rings. The van der Waals surface area contributed by atoms with E-state index >= 15 is 0 Å². The lowest BCUT2D eigenvalue weighted by Crippen LogP contribution is -2.54. The maximum Gasteiger partial charge on any atom is 0.239 e. The van der Waals surface area contributed by atoms with Crippen molar-refractivity contribution in [1.82, 2.24) is 0 Å². The van der Waals surface area contributed by atoms with Crippen molar-refractivity contribution in [1.29, 1.82) is 0 Å². The van der Waals surface area contributed by atoms with Crippen LogP contribution in [-0.4, -0.2) is 18.1 Å². The predicted molar refractivity (Wildman–Crippen MR) is 118 cm³/mol. The highest BCUT2D eigenvalue weighted by Crippen LogP contribution is 2.63. The maximum atomic E-state index is 13.8. The third-order valence-corrected chi connectivity index (χ3v) is 7.77. The summed E-state index contributed by atoms with van der Waals surface area (Å²) in [6.07, 6.45) is 0.862. The molecule has 2 amide bonds. The summed E-state index contributed by atoms with van der Waals surface area (Å²) in [5.41, 5.74) is 2.66. The number of amides is 2. The van der Waals surface area contributed by atoms with Crippen molar-refractivity contribution in [2.24, 2.45) is 11.8 Å². The van der Waals surface area contributed by atoms with Crippen molar-refractivity contribution in [2.75, 3.05) is 4.90 Å². The van der Waals surface area contributed by atoms with Crippen molar-refractivity contribution in [3.63, 3.8) is 0 Å². The van der Waals surface area contributed by atoms with Crippen molar-refractivity contribution < 1.29 is 14.4 Å². The van der Waals surface area contributed by atoms with E-state index in [9.17, 15) is 14.4 Å². The van der Waals surface area contributed by atoms with Gasteiger partial charge in [0.1, 0.15) is 6.29 Å². The van der Waals surface area contributed by atoms with Gasteiger partial charge >= 0.3 is 0 Å². The molecule has 2 bridgehead atoms. The minimum absolute atomic E-state index is 0.259. The molecule has 152 valence electrons. The van der Waals surface area contributed by atoms with Gasteiger partial charge in [0.2, 0.25) is 11.8 Å². The van der Waals surface area contributed by atoms with Crippen LogP contribution in [-0.2, 0) is 19.8 Å². The molecule has 0 radical (unpaired) electrons. The molecule has 4 nitrogen and oxygen atoms in total. The first kappa shape index (κ1) is 18.8. The molecule has 1 aliphatic heterocycles. The average Bonchev–Trinajstić information content (AvgIpc) is 3.07. The molecule has 4 aliphatic rings. The summed E-state index contributed by atoms with van der Waals surface area (Å²) < 4.78 is 0. The second-order valence-electron chi connectivity index (χ2n) is 8.25. The van der Waals surface area contributed by atoms with Gasteiger partial charge in [-0.2, -0.15) is 0 Å². The normalized spacial score (nSPS) is 27.7. The average molecular weight is 448 g/mol. The largest absolute Gasteiger partial charge is 0.302 e. The number of imide groups is 1. The zero-order valence-electron chi connectivity index (χ0n) is 16.1. The highest BCUT2D eigenvalue weighted by Gasteiger charge is 2.68. The van der Waals surface area contributed by atoms with E-state index in [2.05, 4.69) is 0 Å². The summed E-state index contributed by atoms with van der Waals surface area (Å²) in [6.45, 7) is 0. The van der Waals surface area contributed by atoms with Gasteiger partial charge in [0.25, 0.3) is 0 Å². The molecule has 0 N–H and O–H groups in total. The van der Waals surface area contributed by atoms with E-state index in [4.69, 9.17) is 23.2 Å². The van der Waals surface area contributed by atoms with Gasteiger partial charge in [0.05, 0.1) is 33.0 Å². The van der Waals surface area contributed by atoms with E-state index in [1.807, 2.05) is 48.5 Å². The fraction of sp³-hybridized carbons (Fsp3) is 0.160. The molecular weight excluding hydrogens is 433 g/mol. The second-order valence-corrected chi connectivity index (χ2v) is 9.07. The lowest BCUT2D eigenvalue weighted by molar-refractivity contribution is -0.128. The summed E-state index contributed by atoms with van der Waals surface area (Å²) in [5, 5.41) is 0.598. The first-order chi connectivity index (χ1) is 15.0.